The lowest BCUT2D eigenvalue weighted by atomic mass is 10.1. The molecule has 88 valence electrons. The predicted octanol–water partition coefficient (Wildman–Crippen LogP) is 4.72. The van der Waals surface area contributed by atoms with Crippen molar-refractivity contribution in [1.29, 1.82) is 0 Å². The zero-order chi connectivity index (χ0) is 11.8. The molecule has 0 aliphatic carbocycles. The largest absolute Gasteiger partial charge is 0.207 e. The van der Waals surface area contributed by atoms with Crippen molar-refractivity contribution in [1.82, 2.24) is 0 Å². The second-order valence-corrected chi connectivity index (χ2v) is 4.41. The summed E-state index contributed by atoms with van der Waals surface area (Å²) in [6, 6.07) is 6.67. The van der Waals surface area contributed by atoms with Gasteiger partial charge >= 0.3 is 0 Å². The van der Waals surface area contributed by atoms with E-state index in [1.165, 1.54) is 17.7 Å². The molecule has 1 aromatic carbocycles. The molecule has 0 unspecified atom stereocenters. The second kappa shape index (κ2) is 7.45. The van der Waals surface area contributed by atoms with Crippen molar-refractivity contribution >= 4 is 11.6 Å². The third-order valence-electron chi connectivity index (χ3n) is 2.55. The molecule has 16 heavy (non-hydrogen) atoms. The van der Waals surface area contributed by atoms with E-state index in [2.05, 4.69) is 13.0 Å². The Morgan fingerprint density at radius 2 is 1.94 bits per heavy atom. The molecule has 0 aliphatic heterocycles. The van der Waals surface area contributed by atoms with Gasteiger partial charge in [-0.15, -0.1) is 11.6 Å². The number of hydrogen-bond donors (Lipinski definition) is 0. The Labute approximate surface area is 102 Å². The van der Waals surface area contributed by atoms with Gasteiger partial charge in [-0.25, -0.2) is 4.39 Å². The van der Waals surface area contributed by atoms with Crippen LogP contribution in [0, 0.1) is 5.82 Å². The molecule has 0 nitrogen and oxygen atoms in total. The van der Waals surface area contributed by atoms with E-state index >= 15 is 0 Å². The monoisotopic (exact) mass is 240 g/mol. The number of unbranched alkanes of at least 4 members (excludes halogenated alkanes) is 1. The standard InChI is InChI=1S/C14H18ClF/c1-12(4-2-3-11-15)5-6-13-7-9-14(16)10-8-13/h5,7-10H,2-4,6,11H2,1H3. The molecule has 1 rings (SSSR count). The van der Waals surface area contributed by atoms with Gasteiger partial charge in [0, 0.05) is 5.88 Å². The smallest absolute Gasteiger partial charge is 0.123 e. The first-order valence-corrected chi connectivity index (χ1v) is 6.22. The Kier molecular flexibility index (Phi) is 6.17. The molecular formula is C14H18ClF. The van der Waals surface area contributed by atoms with E-state index in [1.807, 2.05) is 12.1 Å². The van der Waals surface area contributed by atoms with Crippen LogP contribution >= 0.6 is 11.6 Å². The minimum absolute atomic E-state index is 0.174. The minimum atomic E-state index is -0.174. The summed E-state index contributed by atoms with van der Waals surface area (Å²) in [5.74, 6) is 0.567. The highest BCUT2D eigenvalue weighted by molar-refractivity contribution is 6.17. The van der Waals surface area contributed by atoms with Gasteiger partial charge in [-0.2, -0.15) is 0 Å². The molecule has 0 saturated heterocycles. The van der Waals surface area contributed by atoms with E-state index in [-0.39, 0.29) is 5.82 Å². The van der Waals surface area contributed by atoms with Crippen LogP contribution in [0.4, 0.5) is 4.39 Å². The fraction of sp³-hybridized carbons (Fsp3) is 0.429. The van der Waals surface area contributed by atoms with E-state index in [9.17, 15) is 4.39 Å². The van der Waals surface area contributed by atoms with E-state index in [0.29, 0.717) is 0 Å². The van der Waals surface area contributed by atoms with Crippen LogP contribution in [-0.2, 0) is 6.42 Å². The molecule has 1 aromatic rings. The Bertz CT molecular complexity index is 327. The van der Waals surface area contributed by atoms with Crippen molar-refractivity contribution in [3.8, 4) is 0 Å². The summed E-state index contributed by atoms with van der Waals surface area (Å²) in [5, 5.41) is 0. The summed E-state index contributed by atoms with van der Waals surface area (Å²) >= 11 is 5.62. The molecule has 0 fully saturated rings. The topological polar surface area (TPSA) is 0 Å². The average Bonchev–Trinajstić information content (AvgIpc) is 2.29. The zero-order valence-electron chi connectivity index (χ0n) is 9.68. The van der Waals surface area contributed by atoms with E-state index in [0.717, 1.165) is 37.1 Å². The number of hydrogen-bond acceptors (Lipinski definition) is 0. The quantitative estimate of drug-likeness (QED) is 0.383. The van der Waals surface area contributed by atoms with E-state index in [4.69, 9.17) is 11.6 Å². The van der Waals surface area contributed by atoms with Gasteiger partial charge in [0.15, 0.2) is 0 Å². The summed E-state index contributed by atoms with van der Waals surface area (Å²) in [4.78, 5) is 0. The van der Waals surface area contributed by atoms with Gasteiger partial charge in [-0.3, -0.25) is 0 Å². The highest BCUT2D eigenvalue weighted by Crippen LogP contribution is 2.10. The average molecular weight is 241 g/mol. The molecule has 0 atom stereocenters. The van der Waals surface area contributed by atoms with Crippen molar-refractivity contribution in [2.24, 2.45) is 0 Å². The SMILES string of the molecule is CC(=CCc1ccc(F)cc1)CCCCCl. The Hall–Kier alpha value is -0.820. The normalized spacial score (nSPS) is 11.8. The number of halogens is 2. The number of rotatable bonds is 6. The summed E-state index contributed by atoms with van der Waals surface area (Å²) in [6.45, 7) is 2.14. The maximum Gasteiger partial charge on any atom is 0.123 e. The lowest BCUT2D eigenvalue weighted by Gasteiger charge is -2.01. The number of benzene rings is 1. The highest BCUT2D eigenvalue weighted by Gasteiger charge is 1.94. The van der Waals surface area contributed by atoms with Crippen molar-refractivity contribution in [2.45, 2.75) is 32.6 Å². The van der Waals surface area contributed by atoms with Gasteiger partial charge in [0.2, 0.25) is 0 Å². The maximum absolute atomic E-state index is 12.7. The van der Waals surface area contributed by atoms with Crippen LogP contribution in [0.5, 0.6) is 0 Å². The highest BCUT2D eigenvalue weighted by atomic mass is 35.5. The molecule has 0 heterocycles. The van der Waals surface area contributed by atoms with Gasteiger partial charge in [-0.05, 0) is 50.3 Å². The first-order valence-electron chi connectivity index (χ1n) is 5.68. The molecule has 0 saturated carbocycles. The van der Waals surface area contributed by atoms with Crippen molar-refractivity contribution in [3.63, 3.8) is 0 Å². The molecule has 0 spiro atoms. The van der Waals surface area contributed by atoms with Crippen LogP contribution < -0.4 is 0 Å². The van der Waals surface area contributed by atoms with Crippen molar-refractivity contribution in [2.75, 3.05) is 5.88 Å². The van der Waals surface area contributed by atoms with Crippen LogP contribution in [0.1, 0.15) is 31.7 Å². The van der Waals surface area contributed by atoms with Crippen LogP contribution in [0.25, 0.3) is 0 Å². The fourth-order valence-electron chi connectivity index (χ4n) is 1.51. The third kappa shape index (κ3) is 5.32. The molecule has 0 bridgehead atoms. The predicted molar refractivity (Wildman–Crippen MR) is 68.4 cm³/mol. The van der Waals surface area contributed by atoms with Gasteiger partial charge in [0.05, 0.1) is 0 Å². The van der Waals surface area contributed by atoms with E-state index in [1.54, 1.807) is 0 Å². The first kappa shape index (κ1) is 13.2. The Morgan fingerprint density at radius 1 is 1.25 bits per heavy atom. The molecule has 2 heteroatoms. The summed E-state index contributed by atoms with van der Waals surface area (Å²) in [6.07, 6.45) is 6.42. The van der Waals surface area contributed by atoms with Gasteiger partial charge in [0.25, 0.3) is 0 Å². The molecule has 0 aromatic heterocycles. The van der Waals surface area contributed by atoms with Crippen molar-refractivity contribution < 1.29 is 4.39 Å². The molecule has 0 radical (unpaired) electrons. The zero-order valence-corrected chi connectivity index (χ0v) is 10.4. The lowest BCUT2D eigenvalue weighted by molar-refractivity contribution is 0.627. The molecule has 0 amide bonds. The molecule has 0 aliphatic rings. The van der Waals surface area contributed by atoms with Crippen LogP contribution in [-0.4, -0.2) is 5.88 Å². The summed E-state index contributed by atoms with van der Waals surface area (Å²) in [7, 11) is 0. The Balaban J connectivity index is 2.37. The van der Waals surface area contributed by atoms with E-state index < -0.39 is 0 Å². The van der Waals surface area contributed by atoms with Crippen LogP contribution in [0.3, 0.4) is 0 Å². The maximum atomic E-state index is 12.7. The summed E-state index contributed by atoms with van der Waals surface area (Å²) < 4.78 is 12.7. The molecular weight excluding hydrogens is 223 g/mol. The van der Waals surface area contributed by atoms with Crippen LogP contribution in [0.2, 0.25) is 0 Å². The number of alkyl halides is 1. The minimum Gasteiger partial charge on any atom is -0.207 e. The van der Waals surface area contributed by atoms with Gasteiger partial charge < -0.3 is 0 Å². The lowest BCUT2D eigenvalue weighted by Crippen LogP contribution is -1.85. The molecule has 0 N–H and O–H groups in total. The number of allylic oxidation sites excluding steroid dienone is 2. The van der Waals surface area contributed by atoms with Gasteiger partial charge in [0.1, 0.15) is 5.82 Å². The van der Waals surface area contributed by atoms with Crippen molar-refractivity contribution in [3.05, 3.63) is 47.3 Å². The Morgan fingerprint density at radius 3 is 2.56 bits per heavy atom. The van der Waals surface area contributed by atoms with Crippen LogP contribution in [0.15, 0.2) is 35.9 Å². The third-order valence-corrected chi connectivity index (χ3v) is 2.82. The van der Waals surface area contributed by atoms with Gasteiger partial charge in [-0.1, -0.05) is 23.8 Å². The first-order chi connectivity index (χ1) is 7.72. The fourth-order valence-corrected chi connectivity index (χ4v) is 1.70. The second-order valence-electron chi connectivity index (χ2n) is 4.03. The summed E-state index contributed by atoms with van der Waals surface area (Å²) in [5.41, 5.74) is 2.53.